The first-order valence-corrected chi connectivity index (χ1v) is 10.8. The number of aromatic nitrogens is 3. The molecule has 7 nitrogen and oxygen atoms in total. The first kappa shape index (κ1) is 21.2. The lowest BCUT2D eigenvalue weighted by Gasteiger charge is -2.08. The number of hydrogen-bond acceptors (Lipinski definition) is 4. The average Bonchev–Trinajstić information content (AvgIpc) is 3.45. The van der Waals surface area contributed by atoms with Gasteiger partial charge in [-0.25, -0.2) is 9.67 Å². The van der Waals surface area contributed by atoms with Crippen molar-refractivity contribution >= 4 is 11.6 Å². The molecular formula is C27H22N4O3. The van der Waals surface area contributed by atoms with Crippen molar-refractivity contribution in [3.05, 3.63) is 113 Å². The Morgan fingerprint density at radius 1 is 0.912 bits per heavy atom. The van der Waals surface area contributed by atoms with Gasteiger partial charge in [-0.1, -0.05) is 60.7 Å². The van der Waals surface area contributed by atoms with E-state index in [0.717, 1.165) is 5.56 Å². The van der Waals surface area contributed by atoms with E-state index in [2.05, 4.69) is 10.3 Å². The minimum absolute atomic E-state index is 0.225. The third-order valence-electron chi connectivity index (χ3n) is 5.76. The number of benzene rings is 3. The maximum Gasteiger partial charge on any atom is 0.295 e. The van der Waals surface area contributed by atoms with Gasteiger partial charge in [-0.15, -0.1) is 0 Å². The summed E-state index contributed by atoms with van der Waals surface area (Å²) >= 11 is 0. The van der Waals surface area contributed by atoms with E-state index in [-0.39, 0.29) is 11.2 Å². The van der Waals surface area contributed by atoms with Crippen LogP contribution in [0.3, 0.4) is 0 Å². The molecule has 0 atom stereocenters. The molecule has 5 aromatic rings. The first-order valence-electron chi connectivity index (χ1n) is 10.8. The van der Waals surface area contributed by atoms with E-state index in [1.54, 1.807) is 43.0 Å². The van der Waals surface area contributed by atoms with Gasteiger partial charge < -0.3 is 9.73 Å². The Labute approximate surface area is 195 Å². The predicted molar refractivity (Wildman–Crippen MR) is 131 cm³/mol. The highest BCUT2D eigenvalue weighted by atomic mass is 16.4. The van der Waals surface area contributed by atoms with Crippen LogP contribution in [0.1, 0.15) is 16.1 Å². The Morgan fingerprint density at radius 2 is 1.56 bits per heavy atom. The molecule has 1 N–H and O–H groups in total. The molecule has 0 fully saturated rings. The molecule has 0 spiro atoms. The summed E-state index contributed by atoms with van der Waals surface area (Å²) in [7, 11) is 1.78. The molecule has 0 aliphatic rings. The lowest BCUT2D eigenvalue weighted by molar-refractivity contribution is 0.102. The van der Waals surface area contributed by atoms with Gasteiger partial charge in [-0.3, -0.25) is 14.3 Å². The number of nitrogens with one attached hydrogen (secondary N) is 1. The summed E-state index contributed by atoms with van der Waals surface area (Å²) in [6, 6.07) is 26.0. The topological polar surface area (TPSA) is 82.1 Å². The van der Waals surface area contributed by atoms with E-state index in [1.165, 1.54) is 4.68 Å². The smallest absolute Gasteiger partial charge is 0.295 e. The summed E-state index contributed by atoms with van der Waals surface area (Å²) in [6.45, 7) is 1.79. The number of hydrogen-bond donors (Lipinski definition) is 1. The van der Waals surface area contributed by atoms with Crippen molar-refractivity contribution in [3.63, 3.8) is 0 Å². The van der Waals surface area contributed by atoms with Gasteiger partial charge in [0.15, 0.2) is 5.76 Å². The molecule has 0 bridgehead atoms. The summed E-state index contributed by atoms with van der Waals surface area (Å²) in [5.74, 6) is 0.521. The molecule has 5 rings (SSSR count). The molecule has 0 aliphatic carbocycles. The Bertz CT molecular complexity index is 1530. The minimum Gasteiger partial charge on any atom is -0.436 e. The van der Waals surface area contributed by atoms with Crippen LogP contribution in [0.25, 0.3) is 28.5 Å². The zero-order valence-corrected chi connectivity index (χ0v) is 18.7. The van der Waals surface area contributed by atoms with Crippen LogP contribution in [0.5, 0.6) is 0 Å². The maximum absolute atomic E-state index is 13.3. The fourth-order valence-corrected chi connectivity index (χ4v) is 3.90. The second-order valence-electron chi connectivity index (χ2n) is 7.83. The van der Waals surface area contributed by atoms with Crippen LogP contribution in [-0.4, -0.2) is 20.3 Å². The highest BCUT2D eigenvalue weighted by Crippen LogP contribution is 2.28. The number of anilines is 1. The van der Waals surface area contributed by atoms with Crippen molar-refractivity contribution in [1.82, 2.24) is 14.3 Å². The van der Waals surface area contributed by atoms with Crippen molar-refractivity contribution in [2.75, 3.05) is 5.32 Å². The fourth-order valence-electron chi connectivity index (χ4n) is 3.90. The van der Waals surface area contributed by atoms with Crippen LogP contribution in [0, 0.1) is 6.92 Å². The molecule has 0 saturated carbocycles. The number of rotatable bonds is 5. The van der Waals surface area contributed by atoms with Gasteiger partial charge in [0, 0.05) is 18.2 Å². The highest BCUT2D eigenvalue weighted by Gasteiger charge is 2.22. The number of oxazole rings is 1. The molecular weight excluding hydrogens is 428 g/mol. The second kappa shape index (κ2) is 8.71. The standard InChI is InChI=1S/C27H22N4O3/c1-18-24(27(33)31(30(18)2)20-13-7-4-8-14-20)29-25(32)21-15-9-10-16-22(21)26-28-17-23(34-26)19-11-5-3-6-12-19/h3-17H,1-2H3,(H,29,32). The second-order valence-corrected chi connectivity index (χ2v) is 7.83. The molecule has 7 heteroatoms. The van der Waals surface area contributed by atoms with Gasteiger partial charge in [0.25, 0.3) is 11.5 Å². The molecule has 34 heavy (non-hydrogen) atoms. The van der Waals surface area contributed by atoms with Crippen molar-refractivity contribution in [1.29, 1.82) is 0 Å². The molecule has 1 amide bonds. The first-order chi connectivity index (χ1) is 16.5. The third-order valence-corrected chi connectivity index (χ3v) is 5.76. The summed E-state index contributed by atoms with van der Waals surface area (Å²) in [5, 5.41) is 2.81. The number of nitrogens with zero attached hydrogens (tertiary/aromatic N) is 3. The maximum atomic E-state index is 13.3. The Kier molecular flexibility index (Phi) is 5.43. The van der Waals surface area contributed by atoms with Crippen molar-refractivity contribution < 1.29 is 9.21 Å². The van der Waals surface area contributed by atoms with E-state index in [0.29, 0.717) is 34.2 Å². The van der Waals surface area contributed by atoms with Crippen LogP contribution >= 0.6 is 0 Å². The van der Waals surface area contributed by atoms with E-state index in [1.807, 2.05) is 66.7 Å². The Morgan fingerprint density at radius 3 is 2.29 bits per heavy atom. The molecule has 0 radical (unpaired) electrons. The normalized spacial score (nSPS) is 10.9. The molecule has 0 saturated heterocycles. The number of carbonyl (C=O) groups excluding carboxylic acids is 1. The van der Waals surface area contributed by atoms with E-state index in [4.69, 9.17) is 4.42 Å². The lowest BCUT2D eigenvalue weighted by Crippen LogP contribution is -2.23. The van der Waals surface area contributed by atoms with Gasteiger partial charge >= 0.3 is 0 Å². The number of carbonyl (C=O) groups is 1. The predicted octanol–water partition coefficient (Wildman–Crippen LogP) is 5.06. The van der Waals surface area contributed by atoms with Crippen LogP contribution in [-0.2, 0) is 7.05 Å². The van der Waals surface area contributed by atoms with Crippen LogP contribution in [0.4, 0.5) is 5.69 Å². The van der Waals surface area contributed by atoms with E-state index >= 15 is 0 Å². The van der Waals surface area contributed by atoms with Crippen LogP contribution in [0.2, 0.25) is 0 Å². The summed E-state index contributed by atoms with van der Waals surface area (Å²) in [6.07, 6.45) is 1.64. The van der Waals surface area contributed by atoms with Gasteiger partial charge in [-0.05, 0) is 31.2 Å². The highest BCUT2D eigenvalue weighted by molar-refractivity contribution is 6.08. The van der Waals surface area contributed by atoms with E-state index < -0.39 is 5.91 Å². The molecule has 0 unspecified atom stereocenters. The zero-order valence-electron chi connectivity index (χ0n) is 18.7. The van der Waals surface area contributed by atoms with Crippen molar-refractivity contribution in [3.8, 4) is 28.5 Å². The average molecular weight is 450 g/mol. The summed E-state index contributed by atoms with van der Waals surface area (Å²) in [5.41, 5.74) is 3.07. The van der Waals surface area contributed by atoms with Crippen molar-refractivity contribution in [2.45, 2.75) is 6.92 Å². The lowest BCUT2D eigenvalue weighted by atomic mass is 10.1. The van der Waals surface area contributed by atoms with Gasteiger partial charge in [0.05, 0.1) is 23.1 Å². The molecule has 168 valence electrons. The quantitative estimate of drug-likeness (QED) is 0.406. The fraction of sp³-hybridized carbons (Fsp3) is 0.0741. The van der Waals surface area contributed by atoms with Gasteiger partial charge in [0.1, 0.15) is 5.69 Å². The molecule has 2 heterocycles. The van der Waals surface area contributed by atoms with Gasteiger partial charge in [-0.2, -0.15) is 0 Å². The van der Waals surface area contributed by atoms with Crippen LogP contribution in [0.15, 0.2) is 100 Å². The van der Waals surface area contributed by atoms with Gasteiger partial charge in [0.2, 0.25) is 5.89 Å². The number of para-hydroxylation sites is 1. The summed E-state index contributed by atoms with van der Waals surface area (Å²) < 4.78 is 9.21. The zero-order chi connectivity index (χ0) is 23.7. The summed E-state index contributed by atoms with van der Waals surface area (Å²) in [4.78, 5) is 30.9. The molecule has 2 aromatic heterocycles. The van der Waals surface area contributed by atoms with Crippen molar-refractivity contribution in [2.24, 2.45) is 7.05 Å². The Hall–Kier alpha value is -4.65. The van der Waals surface area contributed by atoms with Crippen LogP contribution < -0.4 is 10.9 Å². The largest absolute Gasteiger partial charge is 0.436 e. The number of amides is 1. The monoisotopic (exact) mass is 450 g/mol. The minimum atomic E-state index is -0.416. The SMILES string of the molecule is Cc1c(NC(=O)c2ccccc2-c2ncc(-c3ccccc3)o2)c(=O)n(-c2ccccc2)n1C. The Balaban J connectivity index is 1.49. The van der Waals surface area contributed by atoms with E-state index in [9.17, 15) is 9.59 Å². The molecule has 3 aromatic carbocycles. The third kappa shape index (κ3) is 3.73. The molecule has 0 aliphatic heterocycles.